The van der Waals surface area contributed by atoms with Gasteiger partial charge >= 0.3 is 6.09 Å². The van der Waals surface area contributed by atoms with Gasteiger partial charge in [0, 0.05) is 6.42 Å². The number of hydrogen-bond acceptors (Lipinski definition) is 2. The van der Waals surface area contributed by atoms with E-state index in [1.807, 2.05) is 4.90 Å². The second-order valence-electron chi connectivity index (χ2n) is 5.78. The number of benzene rings is 1. The van der Waals surface area contributed by atoms with Crippen LogP contribution >= 0.6 is 0 Å². The Labute approximate surface area is 113 Å². The van der Waals surface area contributed by atoms with Gasteiger partial charge in [0.05, 0.1) is 44.9 Å². The molecule has 1 saturated heterocycles. The molecule has 1 fully saturated rings. The molecule has 2 aliphatic rings. The van der Waals surface area contributed by atoms with Crippen LogP contribution in [0, 0.1) is 6.92 Å². The predicted octanol–water partition coefficient (Wildman–Crippen LogP) is 0.952. The van der Waals surface area contributed by atoms with Gasteiger partial charge in [0.2, 0.25) is 0 Å². The SMILES string of the molecule is COC(=O)N1c2ccc(C)cc2C2C[NH+](C)CCC21. The summed E-state index contributed by atoms with van der Waals surface area (Å²) < 4.78 is 4.98. The Morgan fingerprint density at radius 2 is 2.26 bits per heavy atom. The number of hydrogen-bond donors (Lipinski definition) is 1. The van der Waals surface area contributed by atoms with Crippen molar-refractivity contribution in [2.75, 3.05) is 32.1 Å². The van der Waals surface area contributed by atoms with Crippen LogP contribution in [0.2, 0.25) is 0 Å². The number of carbonyl (C=O) groups is 1. The second kappa shape index (κ2) is 4.53. The Kier molecular flexibility index (Phi) is 2.97. The Morgan fingerprint density at radius 1 is 1.47 bits per heavy atom. The summed E-state index contributed by atoms with van der Waals surface area (Å²) in [7, 11) is 3.69. The van der Waals surface area contributed by atoms with Crippen LogP contribution in [0.1, 0.15) is 23.5 Å². The number of likely N-dealkylation sites (N-methyl/N-ethyl adjacent to an activating group) is 1. The maximum Gasteiger partial charge on any atom is 0.414 e. The summed E-state index contributed by atoms with van der Waals surface area (Å²) >= 11 is 0. The van der Waals surface area contributed by atoms with E-state index in [4.69, 9.17) is 4.74 Å². The van der Waals surface area contributed by atoms with Crippen LogP contribution in [0.25, 0.3) is 0 Å². The molecule has 1 amide bonds. The lowest BCUT2D eigenvalue weighted by Gasteiger charge is -2.33. The van der Waals surface area contributed by atoms with E-state index >= 15 is 0 Å². The Morgan fingerprint density at radius 3 is 3.00 bits per heavy atom. The molecule has 0 saturated carbocycles. The fraction of sp³-hybridized carbons (Fsp3) is 0.533. The highest BCUT2D eigenvalue weighted by molar-refractivity contribution is 5.92. The monoisotopic (exact) mass is 261 g/mol. The summed E-state index contributed by atoms with van der Waals surface area (Å²) in [6.07, 6.45) is 0.816. The zero-order valence-electron chi connectivity index (χ0n) is 11.8. The van der Waals surface area contributed by atoms with Gasteiger partial charge in [-0.25, -0.2) is 4.79 Å². The van der Waals surface area contributed by atoms with Crippen molar-refractivity contribution in [3.8, 4) is 0 Å². The molecule has 3 unspecified atom stereocenters. The number of aryl methyl sites for hydroxylation is 1. The molecular weight excluding hydrogens is 240 g/mol. The first-order chi connectivity index (χ1) is 9.11. The van der Waals surface area contributed by atoms with E-state index in [-0.39, 0.29) is 12.1 Å². The zero-order chi connectivity index (χ0) is 13.6. The molecule has 3 rings (SSSR count). The van der Waals surface area contributed by atoms with E-state index in [1.165, 1.54) is 18.2 Å². The largest absolute Gasteiger partial charge is 0.452 e. The lowest BCUT2D eigenvalue weighted by Crippen LogP contribution is -3.11. The first kappa shape index (κ1) is 12.5. The third-order valence-electron chi connectivity index (χ3n) is 4.44. The van der Waals surface area contributed by atoms with Crippen LogP contribution in [-0.2, 0) is 4.74 Å². The quantitative estimate of drug-likeness (QED) is 0.754. The third kappa shape index (κ3) is 1.91. The number of quaternary nitrogens is 1. The number of amides is 1. The van der Waals surface area contributed by atoms with Crippen molar-refractivity contribution in [3.63, 3.8) is 0 Å². The van der Waals surface area contributed by atoms with Crippen molar-refractivity contribution < 1.29 is 14.4 Å². The number of piperidine rings is 1. The number of likely N-dealkylation sites (tertiary alicyclic amines) is 1. The lowest BCUT2D eigenvalue weighted by atomic mass is 9.89. The first-order valence-electron chi connectivity index (χ1n) is 6.91. The molecule has 102 valence electrons. The summed E-state index contributed by atoms with van der Waals surface area (Å²) in [4.78, 5) is 15.5. The Hall–Kier alpha value is -1.55. The molecule has 0 aromatic heterocycles. The van der Waals surface area contributed by atoms with Crippen LogP contribution < -0.4 is 9.80 Å². The van der Waals surface area contributed by atoms with Crippen LogP contribution in [0.3, 0.4) is 0 Å². The summed E-state index contributed by atoms with van der Waals surface area (Å²) in [5.41, 5.74) is 3.61. The molecule has 0 aliphatic carbocycles. The smallest absolute Gasteiger partial charge is 0.414 e. The van der Waals surface area contributed by atoms with E-state index in [1.54, 1.807) is 4.90 Å². The molecule has 4 nitrogen and oxygen atoms in total. The fourth-order valence-corrected chi connectivity index (χ4v) is 3.54. The highest BCUT2D eigenvalue weighted by Crippen LogP contribution is 2.43. The van der Waals surface area contributed by atoms with Gasteiger partial charge in [-0.1, -0.05) is 17.7 Å². The number of methoxy groups -OCH3 is 1. The molecule has 1 aromatic rings. The van der Waals surface area contributed by atoms with E-state index in [2.05, 4.69) is 32.2 Å². The van der Waals surface area contributed by atoms with Gasteiger partial charge in [-0.3, -0.25) is 4.90 Å². The molecular formula is C15H21N2O2+. The average molecular weight is 261 g/mol. The van der Waals surface area contributed by atoms with Crippen LogP contribution in [-0.4, -0.2) is 39.4 Å². The van der Waals surface area contributed by atoms with E-state index in [9.17, 15) is 4.79 Å². The minimum Gasteiger partial charge on any atom is -0.452 e. The van der Waals surface area contributed by atoms with Crippen LogP contribution in [0.4, 0.5) is 10.5 Å². The number of ether oxygens (including phenoxy) is 1. The number of anilines is 1. The zero-order valence-corrected chi connectivity index (χ0v) is 11.8. The summed E-state index contributed by atoms with van der Waals surface area (Å²) in [6.45, 7) is 4.31. The van der Waals surface area contributed by atoms with Gasteiger partial charge in [-0.05, 0) is 18.6 Å². The Bertz CT molecular complexity index is 515. The number of carbonyl (C=O) groups excluding carboxylic acids is 1. The van der Waals surface area contributed by atoms with Crippen LogP contribution in [0.15, 0.2) is 18.2 Å². The maximum absolute atomic E-state index is 12.1. The van der Waals surface area contributed by atoms with Gasteiger partial charge in [-0.2, -0.15) is 0 Å². The minimum absolute atomic E-state index is 0.225. The number of nitrogens with one attached hydrogen (secondary N) is 1. The third-order valence-corrected chi connectivity index (χ3v) is 4.44. The van der Waals surface area contributed by atoms with Crippen LogP contribution in [0.5, 0.6) is 0 Å². The number of rotatable bonds is 0. The van der Waals surface area contributed by atoms with Crippen molar-refractivity contribution in [2.24, 2.45) is 0 Å². The molecule has 0 bridgehead atoms. The van der Waals surface area contributed by atoms with Crippen molar-refractivity contribution in [1.29, 1.82) is 0 Å². The molecule has 2 heterocycles. The molecule has 2 aliphatic heterocycles. The van der Waals surface area contributed by atoms with Gasteiger partial charge in [0.1, 0.15) is 0 Å². The van der Waals surface area contributed by atoms with E-state index < -0.39 is 0 Å². The highest BCUT2D eigenvalue weighted by atomic mass is 16.5. The molecule has 3 atom stereocenters. The summed E-state index contributed by atoms with van der Waals surface area (Å²) in [6, 6.07) is 6.64. The highest BCUT2D eigenvalue weighted by Gasteiger charge is 2.46. The molecule has 0 radical (unpaired) electrons. The van der Waals surface area contributed by atoms with Gasteiger partial charge < -0.3 is 9.64 Å². The average Bonchev–Trinajstić information content (AvgIpc) is 2.71. The normalized spacial score (nSPS) is 28.8. The molecule has 19 heavy (non-hydrogen) atoms. The maximum atomic E-state index is 12.1. The predicted molar refractivity (Wildman–Crippen MR) is 73.8 cm³/mol. The first-order valence-corrected chi connectivity index (χ1v) is 6.91. The van der Waals surface area contributed by atoms with E-state index in [0.29, 0.717) is 5.92 Å². The summed E-state index contributed by atoms with van der Waals surface area (Å²) in [5, 5.41) is 0. The van der Waals surface area contributed by atoms with Gasteiger partial charge in [-0.15, -0.1) is 0 Å². The fourth-order valence-electron chi connectivity index (χ4n) is 3.54. The topological polar surface area (TPSA) is 34.0 Å². The molecule has 0 spiro atoms. The second-order valence-corrected chi connectivity index (χ2v) is 5.78. The van der Waals surface area contributed by atoms with Gasteiger partial charge in [0.25, 0.3) is 0 Å². The van der Waals surface area contributed by atoms with Crippen molar-refractivity contribution in [2.45, 2.75) is 25.3 Å². The Balaban J connectivity index is 2.06. The number of fused-ring (bicyclic) bond motifs is 3. The molecule has 4 heteroatoms. The van der Waals surface area contributed by atoms with Crippen molar-refractivity contribution in [3.05, 3.63) is 29.3 Å². The van der Waals surface area contributed by atoms with Crippen molar-refractivity contribution >= 4 is 11.8 Å². The summed E-state index contributed by atoms with van der Waals surface area (Å²) in [5.74, 6) is 0.447. The standard InChI is InChI=1S/C15H20N2O2/c1-10-4-5-13-11(8-10)12-9-16(2)7-6-14(12)17(13)15(18)19-3/h4-5,8,12,14H,6-7,9H2,1-3H3/p+1. The van der Waals surface area contributed by atoms with Gasteiger partial charge in [0.15, 0.2) is 0 Å². The van der Waals surface area contributed by atoms with E-state index in [0.717, 1.165) is 25.2 Å². The minimum atomic E-state index is -0.225. The molecule has 1 N–H and O–H groups in total. The lowest BCUT2D eigenvalue weighted by molar-refractivity contribution is -0.886. The molecule has 1 aromatic carbocycles. The van der Waals surface area contributed by atoms with Crippen molar-refractivity contribution in [1.82, 2.24) is 0 Å². The number of nitrogens with zero attached hydrogens (tertiary/aromatic N) is 1.